The van der Waals surface area contributed by atoms with Gasteiger partial charge >= 0.3 is 0 Å². The van der Waals surface area contributed by atoms with Crippen molar-refractivity contribution < 1.29 is 12.9 Å². The number of fused-ring (bicyclic) bond motifs is 1. The third-order valence-corrected chi connectivity index (χ3v) is 6.72. The SMILES string of the molecule is CCCCCCCCCc1cc2ccc(OS(=O)[O-])cc2cc1CCCCCCCCC. The van der Waals surface area contributed by atoms with E-state index < -0.39 is 11.4 Å². The Kier molecular flexibility index (Phi) is 13.6. The Morgan fingerprint density at radius 2 is 1.12 bits per heavy atom. The minimum Gasteiger partial charge on any atom is -0.740 e. The minimum atomic E-state index is -2.54. The van der Waals surface area contributed by atoms with Gasteiger partial charge in [-0.1, -0.05) is 109 Å². The van der Waals surface area contributed by atoms with Gasteiger partial charge in [0.2, 0.25) is 0 Å². The van der Waals surface area contributed by atoms with E-state index in [1.54, 1.807) is 6.07 Å². The lowest BCUT2D eigenvalue weighted by molar-refractivity contribution is 0.440. The van der Waals surface area contributed by atoms with Crippen LogP contribution in [0.4, 0.5) is 0 Å². The van der Waals surface area contributed by atoms with Gasteiger partial charge in [-0.05, 0) is 59.7 Å². The summed E-state index contributed by atoms with van der Waals surface area (Å²) in [5.74, 6) is 0.382. The third-order valence-electron chi connectivity index (χ3n) is 6.39. The van der Waals surface area contributed by atoms with E-state index in [0.717, 1.165) is 23.6 Å². The van der Waals surface area contributed by atoms with E-state index in [-0.39, 0.29) is 0 Å². The number of unbranched alkanes of at least 4 members (excludes halogenated alkanes) is 12. The normalized spacial score (nSPS) is 12.3. The van der Waals surface area contributed by atoms with Crippen molar-refractivity contribution in [1.82, 2.24) is 0 Å². The number of aryl methyl sites for hydroxylation is 2. The van der Waals surface area contributed by atoms with Gasteiger partial charge < -0.3 is 8.74 Å². The predicted molar refractivity (Wildman–Crippen MR) is 137 cm³/mol. The van der Waals surface area contributed by atoms with Gasteiger partial charge in [0.05, 0.1) is 0 Å². The van der Waals surface area contributed by atoms with Gasteiger partial charge in [-0.3, -0.25) is 0 Å². The first-order valence-electron chi connectivity index (χ1n) is 13.0. The lowest BCUT2D eigenvalue weighted by Gasteiger charge is -2.14. The van der Waals surface area contributed by atoms with Crippen LogP contribution in [0, 0.1) is 0 Å². The van der Waals surface area contributed by atoms with Gasteiger partial charge in [0.25, 0.3) is 0 Å². The van der Waals surface area contributed by atoms with Gasteiger partial charge in [-0.2, -0.15) is 0 Å². The monoisotopic (exact) mass is 459 g/mol. The zero-order valence-electron chi connectivity index (χ0n) is 20.3. The Labute approximate surface area is 198 Å². The number of hydrogen-bond donors (Lipinski definition) is 0. The van der Waals surface area contributed by atoms with Crippen LogP contribution in [0.5, 0.6) is 5.75 Å². The molecule has 0 saturated heterocycles. The quantitative estimate of drug-likeness (QED) is 0.166. The van der Waals surface area contributed by atoms with Crippen LogP contribution in [0.15, 0.2) is 30.3 Å². The van der Waals surface area contributed by atoms with E-state index in [0.29, 0.717) is 5.75 Å². The zero-order valence-corrected chi connectivity index (χ0v) is 21.1. The molecule has 2 aromatic rings. The zero-order chi connectivity index (χ0) is 23.0. The van der Waals surface area contributed by atoms with E-state index in [4.69, 9.17) is 4.18 Å². The molecule has 0 fully saturated rings. The largest absolute Gasteiger partial charge is 0.740 e. The summed E-state index contributed by atoms with van der Waals surface area (Å²) in [6.45, 7) is 4.53. The molecule has 4 heteroatoms. The Balaban J connectivity index is 2.00. The topological polar surface area (TPSA) is 49.4 Å². The molecule has 0 amide bonds. The van der Waals surface area contributed by atoms with E-state index in [2.05, 4.69) is 26.0 Å². The Morgan fingerprint density at radius 1 is 0.656 bits per heavy atom. The van der Waals surface area contributed by atoms with Crippen LogP contribution >= 0.6 is 0 Å². The highest BCUT2D eigenvalue weighted by Gasteiger charge is 2.08. The highest BCUT2D eigenvalue weighted by Crippen LogP contribution is 2.27. The van der Waals surface area contributed by atoms with E-state index >= 15 is 0 Å². The lowest BCUT2D eigenvalue weighted by atomic mass is 9.93. The molecule has 0 radical (unpaired) electrons. The molecule has 0 bridgehead atoms. The Hall–Kier alpha value is -1.39. The van der Waals surface area contributed by atoms with Crippen molar-refractivity contribution in [2.45, 2.75) is 117 Å². The van der Waals surface area contributed by atoms with Gasteiger partial charge in [-0.15, -0.1) is 0 Å². The Bertz CT molecular complexity index is 803. The average molecular weight is 460 g/mol. The highest BCUT2D eigenvalue weighted by atomic mass is 32.2. The van der Waals surface area contributed by atoms with Crippen LogP contribution in [-0.2, 0) is 24.2 Å². The predicted octanol–water partition coefficient (Wildman–Crippen LogP) is 8.60. The summed E-state index contributed by atoms with van der Waals surface area (Å²) in [4.78, 5) is 0. The number of rotatable bonds is 18. The van der Waals surface area contributed by atoms with Crippen LogP contribution < -0.4 is 4.18 Å². The summed E-state index contributed by atoms with van der Waals surface area (Å²) < 4.78 is 26.7. The minimum absolute atomic E-state index is 0.382. The summed E-state index contributed by atoms with van der Waals surface area (Å²) in [6.07, 6.45) is 20.7. The first-order valence-corrected chi connectivity index (χ1v) is 14.0. The molecule has 2 aromatic carbocycles. The fraction of sp³-hybridized carbons (Fsp3) is 0.643. The molecule has 0 aliphatic heterocycles. The maximum atomic E-state index is 10.9. The number of benzene rings is 2. The molecule has 0 aliphatic carbocycles. The van der Waals surface area contributed by atoms with Crippen molar-refractivity contribution in [2.24, 2.45) is 0 Å². The molecule has 32 heavy (non-hydrogen) atoms. The van der Waals surface area contributed by atoms with Gasteiger partial charge in [0.1, 0.15) is 17.1 Å². The fourth-order valence-corrected chi connectivity index (χ4v) is 4.77. The highest BCUT2D eigenvalue weighted by molar-refractivity contribution is 7.74. The van der Waals surface area contributed by atoms with E-state index in [1.807, 2.05) is 12.1 Å². The molecule has 0 aliphatic rings. The molecule has 180 valence electrons. The van der Waals surface area contributed by atoms with Crippen molar-refractivity contribution in [3.05, 3.63) is 41.5 Å². The van der Waals surface area contributed by atoms with E-state index in [9.17, 15) is 8.76 Å². The fourth-order valence-electron chi connectivity index (χ4n) is 4.51. The molecular formula is C28H43O3S-. The molecule has 0 heterocycles. The summed E-state index contributed by atoms with van der Waals surface area (Å²) in [5, 5.41) is 2.23. The molecule has 1 unspecified atom stereocenters. The first-order chi connectivity index (χ1) is 15.6. The lowest BCUT2D eigenvalue weighted by Crippen LogP contribution is -1.99. The van der Waals surface area contributed by atoms with Gasteiger partial charge in [-0.25, -0.2) is 4.21 Å². The summed E-state index contributed by atoms with van der Waals surface area (Å²) in [7, 11) is 0. The van der Waals surface area contributed by atoms with Crippen molar-refractivity contribution in [3.8, 4) is 5.75 Å². The van der Waals surface area contributed by atoms with Crippen LogP contribution in [-0.4, -0.2) is 8.76 Å². The number of hydrogen-bond acceptors (Lipinski definition) is 3. The summed E-state index contributed by atoms with van der Waals surface area (Å²) in [6, 6.07) is 10.1. The van der Waals surface area contributed by atoms with E-state index in [1.165, 1.54) is 101 Å². The van der Waals surface area contributed by atoms with Crippen molar-refractivity contribution >= 4 is 22.1 Å². The third kappa shape index (κ3) is 10.5. The molecule has 0 N–H and O–H groups in total. The van der Waals surface area contributed by atoms with Crippen LogP contribution in [0.2, 0.25) is 0 Å². The second-order valence-corrected chi connectivity index (χ2v) is 9.73. The Morgan fingerprint density at radius 3 is 1.62 bits per heavy atom. The van der Waals surface area contributed by atoms with Crippen LogP contribution in [0.25, 0.3) is 10.8 Å². The van der Waals surface area contributed by atoms with Crippen LogP contribution in [0.1, 0.15) is 115 Å². The maximum absolute atomic E-state index is 10.9. The molecule has 3 nitrogen and oxygen atoms in total. The molecule has 0 aromatic heterocycles. The summed E-state index contributed by atoms with van der Waals surface area (Å²) >= 11 is -2.54. The molecular weight excluding hydrogens is 416 g/mol. The smallest absolute Gasteiger partial charge is 0.139 e. The van der Waals surface area contributed by atoms with Gasteiger partial charge in [0.15, 0.2) is 0 Å². The maximum Gasteiger partial charge on any atom is 0.139 e. The average Bonchev–Trinajstić information content (AvgIpc) is 2.77. The molecule has 2 rings (SSSR count). The van der Waals surface area contributed by atoms with Crippen molar-refractivity contribution in [2.75, 3.05) is 0 Å². The second kappa shape index (κ2) is 16.3. The van der Waals surface area contributed by atoms with Crippen LogP contribution in [0.3, 0.4) is 0 Å². The van der Waals surface area contributed by atoms with Gasteiger partial charge in [0, 0.05) is 0 Å². The standard InChI is InChI=1S/C28H44O3S/c1-3-5-7-9-11-13-15-17-24-21-26-19-20-28(31-32(29)30)23-27(26)22-25(24)18-16-14-12-10-8-6-4-2/h19-23H,3-18H2,1-2H3,(H,29,30)/p-1. The second-order valence-electron chi connectivity index (χ2n) is 9.16. The molecule has 0 saturated carbocycles. The molecule has 1 atom stereocenters. The van der Waals surface area contributed by atoms with Crippen molar-refractivity contribution in [3.63, 3.8) is 0 Å². The van der Waals surface area contributed by atoms with Crippen molar-refractivity contribution in [1.29, 1.82) is 0 Å². The first kappa shape index (κ1) is 26.9. The molecule has 0 spiro atoms. The summed E-state index contributed by atoms with van der Waals surface area (Å²) in [5.41, 5.74) is 2.90.